The number of Topliss-reactive ketones (excluding diaryl/α,β-unsaturated/α-hetero) is 1. The Balaban J connectivity index is 2.47. The second kappa shape index (κ2) is 7.94. The molecule has 104 valence electrons. The lowest BCUT2D eigenvalue weighted by Gasteiger charge is -2.19. The van der Waals surface area contributed by atoms with Gasteiger partial charge in [-0.05, 0) is 11.5 Å². The van der Waals surface area contributed by atoms with Crippen LogP contribution in [-0.4, -0.2) is 23.2 Å². The summed E-state index contributed by atoms with van der Waals surface area (Å²) in [6.45, 7) is 3.95. The summed E-state index contributed by atoms with van der Waals surface area (Å²) < 4.78 is 5.09. The van der Waals surface area contributed by atoms with Gasteiger partial charge in [0.2, 0.25) is 0 Å². The molecule has 1 aromatic carbocycles. The maximum absolute atomic E-state index is 11.7. The molecule has 4 nitrogen and oxygen atoms in total. The number of halogens is 1. The molecule has 1 aromatic rings. The van der Waals surface area contributed by atoms with E-state index in [4.69, 9.17) is 4.74 Å². The Hall–Kier alpha value is -1.36. The van der Waals surface area contributed by atoms with E-state index in [2.05, 4.69) is 21.2 Å². The molecule has 1 rings (SSSR count). The molecule has 0 aliphatic heterocycles. The molecule has 0 heterocycles. The maximum atomic E-state index is 11.7. The number of carbonyl (C=O) groups is 2. The quantitative estimate of drug-likeness (QED) is 0.817. The van der Waals surface area contributed by atoms with Crippen LogP contribution in [0.15, 0.2) is 30.3 Å². The van der Waals surface area contributed by atoms with Crippen LogP contribution in [0.1, 0.15) is 19.4 Å². The second-order valence-electron chi connectivity index (χ2n) is 4.53. The van der Waals surface area contributed by atoms with E-state index in [0.29, 0.717) is 0 Å². The standard InChI is InChI=1S/C14H18BrNO3/c1-10(2)13(12(17)8-15)16-14(18)19-9-11-6-4-3-5-7-11/h3-7,10,13H,8-9H2,1-2H3,(H,16,18). The third kappa shape index (κ3) is 5.42. The van der Waals surface area contributed by atoms with Crippen molar-refractivity contribution in [2.75, 3.05) is 5.33 Å². The molecule has 0 fully saturated rings. The average Bonchev–Trinajstić information content (AvgIpc) is 2.42. The van der Waals surface area contributed by atoms with E-state index in [-0.39, 0.29) is 23.6 Å². The highest BCUT2D eigenvalue weighted by atomic mass is 79.9. The zero-order chi connectivity index (χ0) is 14.3. The van der Waals surface area contributed by atoms with Crippen LogP contribution in [0.3, 0.4) is 0 Å². The summed E-state index contributed by atoms with van der Waals surface area (Å²) in [5, 5.41) is 2.81. The number of nitrogens with one attached hydrogen (secondary N) is 1. The molecule has 1 atom stereocenters. The van der Waals surface area contributed by atoms with Crippen LogP contribution in [0.25, 0.3) is 0 Å². The Morgan fingerprint density at radius 1 is 1.26 bits per heavy atom. The number of ketones is 1. The van der Waals surface area contributed by atoms with Gasteiger partial charge >= 0.3 is 6.09 Å². The highest BCUT2D eigenvalue weighted by Gasteiger charge is 2.23. The summed E-state index contributed by atoms with van der Waals surface area (Å²) in [4.78, 5) is 23.3. The van der Waals surface area contributed by atoms with Gasteiger partial charge in [-0.15, -0.1) is 0 Å². The first-order valence-corrected chi connectivity index (χ1v) is 7.22. The molecule has 1 amide bonds. The molecule has 1 N–H and O–H groups in total. The molecular formula is C14H18BrNO3. The van der Waals surface area contributed by atoms with Crippen molar-refractivity contribution in [3.8, 4) is 0 Å². The van der Waals surface area contributed by atoms with Crippen LogP contribution in [0.5, 0.6) is 0 Å². The fourth-order valence-corrected chi connectivity index (χ4v) is 1.94. The summed E-state index contributed by atoms with van der Waals surface area (Å²) in [7, 11) is 0. The fraction of sp³-hybridized carbons (Fsp3) is 0.429. The number of rotatable bonds is 6. The Morgan fingerprint density at radius 3 is 2.42 bits per heavy atom. The van der Waals surface area contributed by atoms with Crippen LogP contribution >= 0.6 is 15.9 Å². The second-order valence-corrected chi connectivity index (χ2v) is 5.09. The Bertz CT molecular complexity index is 420. The van der Waals surface area contributed by atoms with Gasteiger partial charge in [-0.25, -0.2) is 4.79 Å². The van der Waals surface area contributed by atoms with Crippen molar-refractivity contribution in [3.63, 3.8) is 0 Å². The van der Waals surface area contributed by atoms with Gasteiger partial charge in [-0.2, -0.15) is 0 Å². The van der Waals surface area contributed by atoms with Gasteiger partial charge in [0.05, 0.1) is 11.4 Å². The molecule has 19 heavy (non-hydrogen) atoms. The Kier molecular flexibility index (Phi) is 6.56. The number of benzene rings is 1. The number of alkyl halides is 1. The van der Waals surface area contributed by atoms with Crippen LogP contribution < -0.4 is 5.32 Å². The van der Waals surface area contributed by atoms with Gasteiger partial charge in [0.25, 0.3) is 0 Å². The molecular weight excluding hydrogens is 310 g/mol. The first-order valence-electron chi connectivity index (χ1n) is 6.10. The molecule has 0 saturated heterocycles. The summed E-state index contributed by atoms with van der Waals surface area (Å²) in [5.74, 6) is -0.0408. The van der Waals surface area contributed by atoms with Crippen LogP contribution in [-0.2, 0) is 16.1 Å². The van der Waals surface area contributed by atoms with E-state index in [1.165, 1.54) is 0 Å². The van der Waals surface area contributed by atoms with Crippen LogP contribution in [0.4, 0.5) is 4.79 Å². The first kappa shape index (κ1) is 15.7. The lowest BCUT2D eigenvalue weighted by molar-refractivity contribution is -0.119. The van der Waals surface area contributed by atoms with E-state index >= 15 is 0 Å². The molecule has 0 bridgehead atoms. The molecule has 0 saturated carbocycles. The van der Waals surface area contributed by atoms with Crippen LogP contribution in [0.2, 0.25) is 0 Å². The third-order valence-corrected chi connectivity index (χ3v) is 3.18. The number of carbonyl (C=O) groups excluding carboxylic acids is 2. The van der Waals surface area contributed by atoms with Gasteiger partial charge in [-0.1, -0.05) is 60.1 Å². The molecule has 5 heteroatoms. The highest BCUT2D eigenvalue weighted by molar-refractivity contribution is 9.09. The zero-order valence-electron chi connectivity index (χ0n) is 11.1. The topological polar surface area (TPSA) is 55.4 Å². The summed E-state index contributed by atoms with van der Waals surface area (Å²) in [6.07, 6.45) is -0.572. The zero-order valence-corrected chi connectivity index (χ0v) is 12.6. The van der Waals surface area contributed by atoms with Gasteiger partial charge < -0.3 is 10.1 Å². The largest absolute Gasteiger partial charge is 0.445 e. The number of alkyl carbamates (subject to hydrolysis) is 1. The van der Waals surface area contributed by atoms with Crippen molar-refractivity contribution in [2.45, 2.75) is 26.5 Å². The number of ether oxygens (including phenoxy) is 1. The SMILES string of the molecule is CC(C)C(NC(=O)OCc1ccccc1)C(=O)CBr. The molecule has 0 spiro atoms. The predicted octanol–water partition coefficient (Wildman–Crippen LogP) is 2.90. The lowest BCUT2D eigenvalue weighted by atomic mass is 10.0. The van der Waals surface area contributed by atoms with Gasteiger partial charge in [0.15, 0.2) is 5.78 Å². The summed E-state index contributed by atoms with van der Waals surface area (Å²) in [5.41, 5.74) is 0.908. The molecule has 1 unspecified atom stereocenters. The van der Waals surface area contributed by atoms with E-state index in [1.54, 1.807) is 0 Å². The van der Waals surface area contributed by atoms with Gasteiger partial charge in [0, 0.05) is 0 Å². The Morgan fingerprint density at radius 2 is 1.89 bits per heavy atom. The van der Waals surface area contributed by atoms with Crippen molar-refractivity contribution in [2.24, 2.45) is 5.92 Å². The number of amides is 1. The van der Waals surface area contributed by atoms with Crippen molar-refractivity contribution in [3.05, 3.63) is 35.9 Å². The van der Waals surface area contributed by atoms with Crippen molar-refractivity contribution in [1.82, 2.24) is 5.32 Å². The van der Waals surface area contributed by atoms with Crippen molar-refractivity contribution < 1.29 is 14.3 Å². The van der Waals surface area contributed by atoms with E-state index < -0.39 is 12.1 Å². The average molecular weight is 328 g/mol. The summed E-state index contributed by atoms with van der Waals surface area (Å²) in [6, 6.07) is 8.87. The fourth-order valence-electron chi connectivity index (χ4n) is 1.59. The lowest BCUT2D eigenvalue weighted by Crippen LogP contribution is -2.45. The van der Waals surface area contributed by atoms with Gasteiger partial charge in [-0.3, -0.25) is 4.79 Å². The van der Waals surface area contributed by atoms with E-state index in [0.717, 1.165) is 5.56 Å². The minimum absolute atomic E-state index is 0.0225. The summed E-state index contributed by atoms with van der Waals surface area (Å²) >= 11 is 3.11. The molecule has 0 aliphatic carbocycles. The minimum Gasteiger partial charge on any atom is -0.445 e. The van der Waals surface area contributed by atoms with E-state index in [9.17, 15) is 9.59 Å². The molecule has 0 aliphatic rings. The van der Waals surface area contributed by atoms with E-state index in [1.807, 2.05) is 44.2 Å². The normalized spacial score (nSPS) is 12.0. The monoisotopic (exact) mass is 327 g/mol. The molecule has 0 radical (unpaired) electrons. The highest BCUT2D eigenvalue weighted by Crippen LogP contribution is 2.06. The first-order chi connectivity index (χ1) is 9.04. The smallest absolute Gasteiger partial charge is 0.408 e. The number of hydrogen-bond acceptors (Lipinski definition) is 3. The van der Waals surface area contributed by atoms with Gasteiger partial charge in [0.1, 0.15) is 6.61 Å². The minimum atomic E-state index is -0.572. The maximum Gasteiger partial charge on any atom is 0.408 e. The van der Waals surface area contributed by atoms with Crippen molar-refractivity contribution in [1.29, 1.82) is 0 Å². The van der Waals surface area contributed by atoms with Crippen LogP contribution in [0, 0.1) is 5.92 Å². The number of hydrogen-bond donors (Lipinski definition) is 1. The molecule has 0 aromatic heterocycles. The third-order valence-electron chi connectivity index (χ3n) is 2.63. The van der Waals surface area contributed by atoms with Crippen molar-refractivity contribution >= 4 is 27.8 Å². The predicted molar refractivity (Wildman–Crippen MR) is 77.2 cm³/mol. The Labute approximate surface area is 121 Å².